The first-order valence-electron chi connectivity index (χ1n) is 10.7. The average Bonchev–Trinajstić information content (AvgIpc) is 3.59. The van der Waals surface area contributed by atoms with Crippen molar-refractivity contribution in [3.63, 3.8) is 0 Å². The second kappa shape index (κ2) is 8.80. The van der Waals surface area contributed by atoms with E-state index in [-0.39, 0.29) is 17.1 Å². The average molecular weight is 437 g/mol. The second-order valence-corrected chi connectivity index (χ2v) is 8.68. The Morgan fingerprint density at radius 1 is 1.10 bits per heavy atom. The van der Waals surface area contributed by atoms with Gasteiger partial charge in [-0.25, -0.2) is 9.37 Å². The summed E-state index contributed by atoms with van der Waals surface area (Å²) in [4.78, 5) is 18.7. The van der Waals surface area contributed by atoms with Crippen molar-refractivity contribution in [3.05, 3.63) is 82.9 Å². The molecule has 1 fully saturated rings. The molecule has 1 heterocycles. The van der Waals surface area contributed by atoms with Gasteiger partial charge in [-0.05, 0) is 60.6 Å². The number of aryl methyl sites for hydroxylation is 1. The summed E-state index contributed by atoms with van der Waals surface area (Å²) < 4.78 is 14.9. The van der Waals surface area contributed by atoms with Crippen molar-refractivity contribution in [2.24, 2.45) is 0 Å². The Labute approximate surface area is 187 Å². The van der Waals surface area contributed by atoms with Crippen molar-refractivity contribution in [2.75, 3.05) is 11.9 Å². The van der Waals surface area contributed by atoms with Gasteiger partial charge in [0.2, 0.25) is 0 Å². The third kappa shape index (κ3) is 4.64. The highest BCUT2D eigenvalue weighted by atomic mass is 35.5. The Kier molecular flexibility index (Phi) is 6.10. The number of benzene rings is 2. The van der Waals surface area contributed by atoms with Gasteiger partial charge in [0.1, 0.15) is 11.0 Å². The summed E-state index contributed by atoms with van der Waals surface area (Å²) in [5, 5.41) is 0.444. The molecule has 0 radical (unpaired) electrons. The lowest BCUT2D eigenvalue weighted by molar-refractivity contribution is 0.0983. The number of anilines is 1. The van der Waals surface area contributed by atoms with E-state index in [0.29, 0.717) is 29.2 Å². The maximum atomic E-state index is 14.9. The van der Waals surface area contributed by atoms with Gasteiger partial charge in [0.05, 0.1) is 5.69 Å². The fourth-order valence-corrected chi connectivity index (χ4v) is 4.20. The minimum absolute atomic E-state index is 0.0685. The number of ketones is 1. The number of halogens is 2. The Morgan fingerprint density at radius 3 is 2.39 bits per heavy atom. The van der Waals surface area contributed by atoms with Crippen LogP contribution in [0.25, 0.3) is 11.1 Å². The summed E-state index contributed by atoms with van der Waals surface area (Å²) >= 11 is 5.79. The van der Waals surface area contributed by atoms with Crippen molar-refractivity contribution in [3.8, 4) is 11.1 Å². The van der Waals surface area contributed by atoms with Gasteiger partial charge in [0.15, 0.2) is 5.78 Å². The number of Topliss-reactive ketones (excluding diaryl/α,β-unsaturated/α-hetero) is 1. The molecule has 2 aromatic carbocycles. The maximum Gasteiger partial charge on any atom is 0.163 e. The number of hydrogen-bond acceptors (Lipinski definition) is 3. The van der Waals surface area contributed by atoms with E-state index in [4.69, 9.17) is 11.6 Å². The molecule has 3 aromatic rings. The topological polar surface area (TPSA) is 33.2 Å². The van der Waals surface area contributed by atoms with Crippen molar-refractivity contribution in [1.82, 2.24) is 4.98 Å². The summed E-state index contributed by atoms with van der Waals surface area (Å²) in [6, 6.07) is 16.4. The molecule has 31 heavy (non-hydrogen) atoms. The van der Waals surface area contributed by atoms with E-state index in [1.807, 2.05) is 49.5 Å². The Balaban J connectivity index is 1.43. The normalized spacial score (nSPS) is 14.3. The van der Waals surface area contributed by atoms with Crippen LogP contribution in [0.4, 0.5) is 10.1 Å². The van der Waals surface area contributed by atoms with E-state index in [9.17, 15) is 9.18 Å². The molecule has 5 heteroatoms. The molecule has 0 saturated heterocycles. The molecule has 1 saturated carbocycles. The van der Waals surface area contributed by atoms with Crippen molar-refractivity contribution >= 4 is 23.1 Å². The van der Waals surface area contributed by atoms with Crippen LogP contribution >= 0.6 is 11.6 Å². The van der Waals surface area contributed by atoms with Gasteiger partial charge in [-0.3, -0.25) is 4.79 Å². The molecule has 1 aliphatic rings. The van der Waals surface area contributed by atoms with Crippen LogP contribution in [0.1, 0.15) is 48.5 Å². The minimum atomic E-state index is -0.212. The van der Waals surface area contributed by atoms with Gasteiger partial charge in [-0.15, -0.1) is 0 Å². The van der Waals surface area contributed by atoms with E-state index in [2.05, 4.69) is 16.8 Å². The number of hydrogen-bond donors (Lipinski definition) is 0. The smallest absolute Gasteiger partial charge is 0.163 e. The molecule has 160 valence electrons. The number of nitrogens with zero attached hydrogens (tertiary/aromatic N) is 2. The summed E-state index contributed by atoms with van der Waals surface area (Å²) in [5.41, 5.74) is 4.09. The lowest BCUT2D eigenvalue weighted by atomic mass is 9.99. The second-order valence-electron chi connectivity index (χ2n) is 8.29. The van der Waals surface area contributed by atoms with Crippen LogP contribution in [0.2, 0.25) is 5.15 Å². The quantitative estimate of drug-likeness (QED) is 0.289. The van der Waals surface area contributed by atoms with Gasteiger partial charge >= 0.3 is 0 Å². The van der Waals surface area contributed by atoms with E-state index in [1.165, 1.54) is 0 Å². The van der Waals surface area contributed by atoms with Gasteiger partial charge < -0.3 is 4.90 Å². The molecule has 0 amide bonds. The van der Waals surface area contributed by atoms with Crippen LogP contribution < -0.4 is 4.90 Å². The number of carbonyl (C=O) groups is 1. The molecular weight excluding hydrogens is 411 g/mol. The molecule has 0 atom stereocenters. The summed E-state index contributed by atoms with van der Waals surface area (Å²) in [6.07, 6.45) is 5.97. The third-order valence-electron chi connectivity index (χ3n) is 6.48. The van der Waals surface area contributed by atoms with Crippen molar-refractivity contribution in [1.29, 1.82) is 0 Å². The molecule has 3 nitrogen and oxygen atoms in total. The predicted octanol–water partition coefficient (Wildman–Crippen LogP) is 6.74. The fourth-order valence-electron chi connectivity index (χ4n) is 4.09. The highest BCUT2D eigenvalue weighted by molar-refractivity contribution is 6.29. The van der Waals surface area contributed by atoms with Crippen LogP contribution in [-0.4, -0.2) is 23.4 Å². The number of pyridine rings is 1. The molecule has 0 N–H and O–H groups in total. The SMILES string of the molecule is CCC1(N(C)c2ccc(-c3ccc(C(=O)CCc4ccc(Cl)nc4)cc3)cc2F)CC1. The summed E-state index contributed by atoms with van der Waals surface area (Å²) in [5.74, 6) is -0.143. The van der Waals surface area contributed by atoms with E-state index in [1.54, 1.807) is 18.3 Å². The molecule has 0 unspecified atom stereocenters. The van der Waals surface area contributed by atoms with E-state index >= 15 is 0 Å². The van der Waals surface area contributed by atoms with Crippen LogP contribution in [-0.2, 0) is 6.42 Å². The Hall–Kier alpha value is -2.72. The fraction of sp³-hybridized carbons (Fsp3) is 0.308. The minimum Gasteiger partial charge on any atom is -0.367 e. The largest absolute Gasteiger partial charge is 0.367 e. The third-order valence-corrected chi connectivity index (χ3v) is 6.70. The van der Waals surface area contributed by atoms with Gasteiger partial charge in [-0.2, -0.15) is 0 Å². The first-order valence-corrected chi connectivity index (χ1v) is 11.1. The highest BCUT2D eigenvalue weighted by Crippen LogP contribution is 2.46. The molecule has 4 rings (SSSR count). The number of rotatable bonds is 8. The standard InChI is InChI=1S/C26H26ClFN2O/c1-3-26(14-15-26)30(2)23-11-10-21(16-22(23)28)19-6-8-20(9-7-19)24(31)12-4-18-5-13-25(27)29-17-18/h5-11,13,16-17H,3-4,12,14-15H2,1-2H3. The Morgan fingerprint density at radius 2 is 1.81 bits per heavy atom. The Bertz CT molecular complexity index is 1080. The lowest BCUT2D eigenvalue weighted by Crippen LogP contribution is -2.33. The van der Waals surface area contributed by atoms with Crippen LogP contribution in [0.3, 0.4) is 0 Å². The molecular formula is C26H26ClFN2O. The van der Waals surface area contributed by atoms with E-state index < -0.39 is 0 Å². The van der Waals surface area contributed by atoms with Crippen LogP contribution in [0.15, 0.2) is 60.8 Å². The van der Waals surface area contributed by atoms with E-state index in [0.717, 1.165) is 36.0 Å². The van der Waals surface area contributed by atoms with Crippen molar-refractivity contribution < 1.29 is 9.18 Å². The molecule has 0 aliphatic heterocycles. The molecule has 0 bridgehead atoms. The zero-order valence-corrected chi connectivity index (χ0v) is 18.6. The monoisotopic (exact) mass is 436 g/mol. The summed E-state index contributed by atoms with van der Waals surface area (Å²) in [6.45, 7) is 2.16. The van der Waals surface area contributed by atoms with Gasteiger partial charge in [0, 0.05) is 30.8 Å². The van der Waals surface area contributed by atoms with Crippen molar-refractivity contribution in [2.45, 2.75) is 44.6 Å². The lowest BCUT2D eigenvalue weighted by Gasteiger charge is -2.29. The molecule has 0 spiro atoms. The summed E-state index contributed by atoms with van der Waals surface area (Å²) in [7, 11) is 1.98. The zero-order valence-electron chi connectivity index (χ0n) is 17.9. The maximum absolute atomic E-state index is 14.9. The first-order chi connectivity index (χ1) is 14.9. The first kappa shape index (κ1) is 21.5. The van der Waals surface area contributed by atoms with Gasteiger partial charge in [-0.1, -0.05) is 54.9 Å². The number of aromatic nitrogens is 1. The zero-order chi connectivity index (χ0) is 22.0. The highest BCUT2D eigenvalue weighted by Gasteiger charge is 2.45. The number of carbonyl (C=O) groups excluding carboxylic acids is 1. The van der Waals surface area contributed by atoms with Crippen LogP contribution in [0, 0.1) is 5.82 Å². The van der Waals surface area contributed by atoms with Gasteiger partial charge in [0.25, 0.3) is 0 Å². The molecule has 1 aliphatic carbocycles. The molecule has 1 aromatic heterocycles. The predicted molar refractivity (Wildman–Crippen MR) is 124 cm³/mol. The van der Waals surface area contributed by atoms with Crippen LogP contribution in [0.5, 0.6) is 0 Å².